The first-order valence-corrected chi connectivity index (χ1v) is 12.8. The number of piperidine rings is 1. The van der Waals surface area contributed by atoms with E-state index in [4.69, 9.17) is 4.74 Å². The van der Waals surface area contributed by atoms with Crippen LogP contribution in [-0.2, 0) is 11.3 Å². The van der Waals surface area contributed by atoms with E-state index in [1.807, 2.05) is 0 Å². The summed E-state index contributed by atoms with van der Waals surface area (Å²) in [6.07, 6.45) is 6.18. The van der Waals surface area contributed by atoms with Gasteiger partial charge in [-0.2, -0.15) is 0 Å². The van der Waals surface area contributed by atoms with Crippen LogP contribution >= 0.6 is 0 Å². The predicted octanol–water partition coefficient (Wildman–Crippen LogP) is 6.55. The van der Waals surface area contributed by atoms with Crippen LogP contribution in [0.25, 0.3) is 10.8 Å². The molecular formula is C30H35NO3. The smallest absolute Gasteiger partial charge is 0.306 e. The monoisotopic (exact) mass is 457 g/mol. The molecule has 2 fully saturated rings. The molecule has 0 atom stereocenters. The fourth-order valence-electron chi connectivity index (χ4n) is 5.83. The minimum absolute atomic E-state index is 0.207. The molecule has 1 aliphatic carbocycles. The number of aliphatic carboxylic acids is 1. The summed E-state index contributed by atoms with van der Waals surface area (Å²) >= 11 is 0. The molecule has 4 heteroatoms. The topological polar surface area (TPSA) is 49.8 Å². The highest BCUT2D eigenvalue weighted by Gasteiger charge is 2.27. The molecule has 178 valence electrons. The van der Waals surface area contributed by atoms with Crippen molar-refractivity contribution in [3.8, 4) is 5.75 Å². The third kappa shape index (κ3) is 4.97. The molecule has 34 heavy (non-hydrogen) atoms. The van der Waals surface area contributed by atoms with Gasteiger partial charge < -0.3 is 9.84 Å². The van der Waals surface area contributed by atoms with Gasteiger partial charge in [0.15, 0.2) is 0 Å². The number of hydrogen-bond acceptors (Lipinski definition) is 3. The van der Waals surface area contributed by atoms with E-state index in [2.05, 4.69) is 72.5 Å². The molecular weight excluding hydrogens is 422 g/mol. The summed E-state index contributed by atoms with van der Waals surface area (Å²) < 4.78 is 6.74. The molecule has 0 radical (unpaired) electrons. The van der Waals surface area contributed by atoms with Gasteiger partial charge in [0.05, 0.1) is 12.0 Å². The molecule has 3 aromatic carbocycles. The Morgan fingerprint density at radius 1 is 0.912 bits per heavy atom. The van der Waals surface area contributed by atoms with Crippen LogP contribution in [0.4, 0.5) is 0 Å². The molecule has 1 heterocycles. The number of carbonyl (C=O) groups is 1. The molecule has 1 saturated heterocycles. The van der Waals surface area contributed by atoms with Gasteiger partial charge >= 0.3 is 5.97 Å². The van der Waals surface area contributed by atoms with Crippen molar-refractivity contribution in [2.75, 3.05) is 13.1 Å². The highest BCUT2D eigenvalue weighted by atomic mass is 16.5. The van der Waals surface area contributed by atoms with Crippen LogP contribution < -0.4 is 4.74 Å². The van der Waals surface area contributed by atoms with E-state index in [-0.39, 0.29) is 12.0 Å². The number of benzene rings is 3. The average molecular weight is 458 g/mol. The van der Waals surface area contributed by atoms with E-state index in [9.17, 15) is 9.90 Å². The molecule has 4 nitrogen and oxygen atoms in total. The highest BCUT2D eigenvalue weighted by Crippen LogP contribution is 2.38. The molecule has 1 saturated carbocycles. The number of hydrogen-bond donors (Lipinski definition) is 1. The van der Waals surface area contributed by atoms with Crippen molar-refractivity contribution in [2.24, 2.45) is 5.92 Å². The molecule has 3 aromatic rings. The van der Waals surface area contributed by atoms with Gasteiger partial charge in [-0.25, -0.2) is 0 Å². The van der Waals surface area contributed by atoms with E-state index in [0.29, 0.717) is 5.92 Å². The van der Waals surface area contributed by atoms with E-state index in [0.717, 1.165) is 51.1 Å². The highest BCUT2D eigenvalue weighted by molar-refractivity contribution is 5.90. The number of rotatable bonds is 6. The lowest BCUT2D eigenvalue weighted by Gasteiger charge is -2.33. The van der Waals surface area contributed by atoms with Crippen LogP contribution in [0.3, 0.4) is 0 Å². The molecule has 0 unspecified atom stereocenters. The van der Waals surface area contributed by atoms with Crippen LogP contribution in [0.1, 0.15) is 61.1 Å². The van der Waals surface area contributed by atoms with E-state index in [1.165, 1.54) is 40.3 Å². The van der Waals surface area contributed by atoms with Crippen LogP contribution in [0.2, 0.25) is 0 Å². The van der Waals surface area contributed by atoms with Crippen molar-refractivity contribution in [2.45, 2.75) is 64.0 Å². The normalized spacial score (nSPS) is 22.0. The number of carboxylic acid groups (broad SMARTS) is 1. The minimum Gasteiger partial charge on any atom is -0.490 e. The Balaban J connectivity index is 1.34. The standard InChI is InChI=1S/C30H35NO3/c1-21-19-29(34-25-13-11-23(12-14-25)22-7-3-2-4-8-22)28(27-10-6-5-9-26(21)27)20-31-17-15-24(16-18-31)30(32)33/h2-10,19,23-25H,11-18,20H2,1H3,(H,32,33)/t23-,25-. The maximum Gasteiger partial charge on any atom is 0.306 e. The SMILES string of the molecule is Cc1cc(O[C@H]2CC[C@H](c3ccccc3)CC2)c(CN2CCC(C(=O)O)CC2)c2ccccc12. The fourth-order valence-corrected chi connectivity index (χ4v) is 5.83. The summed E-state index contributed by atoms with van der Waals surface area (Å²) in [6.45, 7) is 4.62. The third-order valence-electron chi connectivity index (χ3n) is 7.88. The number of ether oxygens (including phenoxy) is 1. The Morgan fingerprint density at radius 2 is 1.56 bits per heavy atom. The summed E-state index contributed by atoms with van der Waals surface area (Å²) in [6, 6.07) is 21.7. The maximum absolute atomic E-state index is 11.4. The van der Waals surface area contributed by atoms with Crippen LogP contribution in [0, 0.1) is 12.8 Å². The van der Waals surface area contributed by atoms with E-state index in [1.54, 1.807) is 0 Å². The zero-order chi connectivity index (χ0) is 23.5. The molecule has 1 aliphatic heterocycles. The summed E-state index contributed by atoms with van der Waals surface area (Å²) in [5, 5.41) is 11.9. The molecule has 2 aliphatic rings. The first-order chi connectivity index (χ1) is 16.6. The van der Waals surface area contributed by atoms with Gasteiger partial charge in [0.2, 0.25) is 0 Å². The summed E-state index contributed by atoms with van der Waals surface area (Å²) in [7, 11) is 0. The number of aryl methyl sites for hydroxylation is 1. The second-order valence-corrected chi connectivity index (χ2v) is 10.1. The molecule has 0 aromatic heterocycles. The van der Waals surface area contributed by atoms with Crippen LogP contribution in [0.15, 0.2) is 60.7 Å². The fraction of sp³-hybridized carbons (Fsp3) is 0.433. The Hall–Kier alpha value is -2.85. The van der Waals surface area contributed by atoms with Crippen molar-refractivity contribution in [3.05, 3.63) is 77.4 Å². The molecule has 0 amide bonds. The van der Waals surface area contributed by atoms with E-state index < -0.39 is 5.97 Å². The van der Waals surface area contributed by atoms with Crippen molar-refractivity contribution >= 4 is 16.7 Å². The Bertz CT molecular complexity index is 1130. The van der Waals surface area contributed by atoms with Crippen molar-refractivity contribution in [1.29, 1.82) is 0 Å². The minimum atomic E-state index is -0.657. The number of likely N-dealkylation sites (tertiary alicyclic amines) is 1. The second kappa shape index (κ2) is 10.2. The quantitative estimate of drug-likeness (QED) is 0.456. The van der Waals surface area contributed by atoms with Crippen molar-refractivity contribution < 1.29 is 14.6 Å². The zero-order valence-electron chi connectivity index (χ0n) is 20.1. The summed E-state index contributed by atoms with van der Waals surface area (Å²) in [5.74, 6) is 0.784. The van der Waals surface area contributed by atoms with Gasteiger partial charge in [0, 0.05) is 12.1 Å². The Kier molecular flexibility index (Phi) is 6.87. The second-order valence-electron chi connectivity index (χ2n) is 10.1. The van der Waals surface area contributed by atoms with Gasteiger partial charge in [-0.15, -0.1) is 0 Å². The number of nitrogens with zero attached hydrogens (tertiary/aromatic N) is 1. The Labute approximate surface area is 202 Å². The van der Waals surface area contributed by atoms with Crippen molar-refractivity contribution in [1.82, 2.24) is 4.90 Å². The predicted molar refractivity (Wildman–Crippen MR) is 136 cm³/mol. The van der Waals surface area contributed by atoms with Crippen LogP contribution in [-0.4, -0.2) is 35.2 Å². The molecule has 1 N–H and O–H groups in total. The Morgan fingerprint density at radius 3 is 2.24 bits per heavy atom. The maximum atomic E-state index is 11.4. The molecule has 0 spiro atoms. The number of fused-ring (bicyclic) bond motifs is 1. The largest absolute Gasteiger partial charge is 0.490 e. The van der Waals surface area contributed by atoms with Gasteiger partial charge in [-0.3, -0.25) is 9.69 Å². The summed E-state index contributed by atoms with van der Waals surface area (Å²) in [4.78, 5) is 13.8. The average Bonchev–Trinajstić information content (AvgIpc) is 2.88. The zero-order valence-corrected chi connectivity index (χ0v) is 20.1. The first-order valence-electron chi connectivity index (χ1n) is 12.8. The van der Waals surface area contributed by atoms with Crippen LogP contribution in [0.5, 0.6) is 5.75 Å². The van der Waals surface area contributed by atoms with E-state index >= 15 is 0 Å². The lowest BCUT2D eigenvalue weighted by Crippen LogP contribution is -2.36. The van der Waals surface area contributed by atoms with Gasteiger partial charge in [-0.05, 0) is 92.4 Å². The third-order valence-corrected chi connectivity index (χ3v) is 7.88. The lowest BCUT2D eigenvalue weighted by atomic mass is 9.83. The molecule has 0 bridgehead atoms. The lowest BCUT2D eigenvalue weighted by molar-refractivity contribution is -0.143. The van der Waals surface area contributed by atoms with Gasteiger partial charge in [0.25, 0.3) is 0 Å². The summed E-state index contributed by atoms with van der Waals surface area (Å²) in [5.41, 5.74) is 3.95. The van der Waals surface area contributed by atoms with Crippen molar-refractivity contribution in [3.63, 3.8) is 0 Å². The number of carboxylic acids is 1. The first kappa shape index (κ1) is 22.9. The molecule has 5 rings (SSSR count). The van der Waals surface area contributed by atoms with Gasteiger partial charge in [0.1, 0.15) is 5.75 Å². The van der Waals surface area contributed by atoms with Gasteiger partial charge in [-0.1, -0.05) is 54.6 Å².